The van der Waals surface area contributed by atoms with Crippen molar-refractivity contribution in [2.75, 3.05) is 11.9 Å². The maximum absolute atomic E-state index is 9.28. The molecule has 0 aromatic carbocycles. The summed E-state index contributed by atoms with van der Waals surface area (Å²) < 4.78 is 0. The number of halogens is 2. The Morgan fingerprint density at radius 3 is 2.67 bits per heavy atom. The lowest BCUT2D eigenvalue weighted by molar-refractivity contribution is 0.144. The highest BCUT2D eigenvalue weighted by atomic mass is 35.5. The molecule has 0 unspecified atom stereocenters. The van der Waals surface area contributed by atoms with E-state index in [2.05, 4.69) is 10.3 Å². The molecular weight excluding hydrogens is 235 g/mol. The van der Waals surface area contributed by atoms with Crippen molar-refractivity contribution in [1.29, 1.82) is 0 Å². The van der Waals surface area contributed by atoms with Gasteiger partial charge in [-0.25, -0.2) is 4.98 Å². The summed E-state index contributed by atoms with van der Waals surface area (Å²) in [5.41, 5.74) is -0.232. The molecule has 1 saturated carbocycles. The molecule has 1 fully saturated rings. The number of hydrogen-bond acceptors (Lipinski definition) is 3. The molecule has 0 spiro atoms. The van der Waals surface area contributed by atoms with E-state index < -0.39 is 0 Å². The van der Waals surface area contributed by atoms with Gasteiger partial charge in [-0.05, 0) is 25.3 Å². The normalized spacial score (nSPS) is 18.3. The van der Waals surface area contributed by atoms with Crippen LogP contribution in [0.15, 0.2) is 12.3 Å². The monoisotopic (exact) mass is 246 g/mol. The van der Waals surface area contributed by atoms with Crippen LogP contribution >= 0.6 is 23.2 Å². The van der Waals surface area contributed by atoms with E-state index in [1.54, 1.807) is 12.3 Å². The van der Waals surface area contributed by atoms with Crippen molar-refractivity contribution in [1.82, 2.24) is 4.98 Å². The first-order valence-electron chi connectivity index (χ1n) is 4.85. The maximum Gasteiger partial charge on any atom is 0.145 e. The van der Waals surface area contributed by atoms with Crippen LogP contribution in [0.5, 0.6) is 0 Å². The summed E-state index contributed by atoms with van der Waals surface area (Å²) >= 11 is 11.7. The molecule has 1 aliphatic rings. The third-order valence-corrected chi connectivity index (χ3v) is 3.30. The van der Waals surface area contributed by atoms with Gasteiger partial charge in [0, 0.05) is 6.20 Å². The Labute approximate surface area is 98.4 Å². The van der Waals surface area contributed by atoms with Gasteiger partial charge in [0.25, 0.3) is 0 Å². The second kappa shape index (κ2) is 4.16. The lowest BCUT2D eigenvalue weighted by Crippen LogP contribution is -2.48. The average molecular weight is 247 g/mol. The molecule has 1 aromatic rings. The highest BCUT2D eigenvalue weighted by molar-refractivity contribution is 6.35. The van der Waals surface area contributed by atoms with Crippen molar-refractivity contribution in [2.24, 2.45) is 0 Å². The SMILES string of the molecule is OCC1(Nc2ncc(Cl)cc2Cl)CCC1. The Kier molecular flexibility index (Phi) is 3.05. The minimum Gasteiger partial charge on any atom is -0.394 e. The van der Waals surface area contributed by atoms with Crippen LogP contribution in [0.2, 0.25) is 10.0 Å². The van der Waals surface area contributed by atoms with Gasteiger partial charge in [0.15, 0.2) is 0 Å². The van der Waals surface area contributed by atoms with E-state index in [1.807, 2.05) is 0 Å². The number of aliphatic hydroxyl groups is 1. The fourth-order valence-corrected chi connectivity index (χ4v) is 2.11. The van der Waals surface area contributed by atoms with Crippen molar-refractivity contribution in [3.05, 3.63) is 22.3 Å². The minimum atomic E-state index is -0.232. The van der Waals surface area contributed by atoms with Crippen LogP contribution in [-0.2, 0) is 0 Å². The number of pyridine rings is 1. The van der Waals surface area contributed by atoms with Crippen molar-refractivity contribution < 1.29 is 5.11 Å². The zero-order valence-corrected chi connectivity index (χ0v) is 9.65. The number of nitrogens with one attached hydrogen (secondary N) is 1. The van der Waals surface area contributed by atoms with E-state index in [9.17, 15) is 5.11 Å². The standard InChI is InChI=1S/C10H12Cl2N2O/c11-7-4-8(12)9(13-5-7)14-10(6-15)2-1-3-10/h4-5,15H,1-3,6H2,(H,13,14). The predicted octanol–water partition coefficient (Wildman–Crippen LogP) is 2.72. The van der Waals surface area contributed by atoms with Crippen LogP contribution in [0.3, 0.4) is 0 Å². The summed E-state index contributed by atoms with van der Waals surface area (Å²) in [4.78, 5) is 4.11. The van der Waals surface area contributed by atoms with E-state index in [1.165, 1.54) is 0 Å². The van der Waals surface area contributed by atoms with Crippen LogP contribution < -0.4 is 5.32 Å². The molecule has 0 amide bonds. The van der Waals surface area contributed by atoms with E-state index in [-0.39, 0.29) is 12.1 Å². The highest BCUT2D eigenvalue weighted by Crippen LogP contribution is 2.36. The molecular formula is C10H12Cl2N2O. The van der Waals surface area contributed by atoms with Gasteiger partial charge in [-0.1, -0.05) is 23.2 Å². The van der Waals surface area contributed by atoms with Gasteiger partial charge in [0.2, 0.25) is 0 Å². The Hall–Kier alpha value is -0.510. The predicted molar refractivity (Wildman–Crippen MR) is 61.5 cm³/mol. The van der Waals surface area contributed by atoms with Crippen molar-refractivity contribution in [3.63, 3.8) is 0 Å². The van der Waals surface area contributed by atoms with E-state index in [4.69, 9.17) is 23.2 Å². The second-order valence-electron chi connectivity index (χ2n) is 3.90. The number of rotatable bonds is 3. The molecule has 1 aromatic heterocycles. The van der Waals surface area contributed by atoms with Gasteiger partial charge < -0.3 is 10.4 Å². The largest absolute Gasteiger partial charge is 0.394 e. The maximum atomic E-state index is 9.28. The number of aliphatic hydroxyl groups excluding tert-OH is 1. The average Bonchev–Trinajstić information content (AvgIpc) is 2.14. The van der Waals surface area contributed by atoms with Crippen LogP contribution in [-0.4, -0.2) is 22.2 Å². The Morgan fingerprint density at radius 2 is 2.20 bits per heavy atom. The molecule has 1 aliphatic carbocycles. The van der Waals surface area contributed by atoms with Gasteiger partial charge in [0.05, 0.1) is 22.2 Å². The molecule has 0 saturated heterocycles. The number of anilines is 1. The number of hydrogen-bond donors (Lipinski definition) is 2. The Bertz CT molecular complexity index is 361. The molecule has 5 heteroatoms. The fourth-order valence-electron chi connectivity index (χ4n) is 1.68. The first-order valence-corrected chi connectivity index (χ1v) is 5.61. The Morgan fingerprint density at radius 1 is 1.47 bits per heavy atom. The first kappa shape index (κ1) is 11.0. The molecule has 0 atom stereocenters. The highest BCUT2D eigenvalue weighted by Gasteiger charge is 2.36. The van der Waals surface area contributed by atoms with Gasteiger partial charge >= 0.3 is 0 Å². The summed E-state index contributed by atoms with van der Waals surface area (Å²) in [5.74, 6) is 0.592. The second-order valence-corrected chi connectivity index (χ2v) is 4.74. The lowest BCUT2D eigenvalue weighted by atomic mass is 9.77. The smallest absolute Gasteiger partial charge is 0.145 e. The van der Waals surface area contributed by atoms with Crippen LogP contribution in [0.4, 0.5) is 5.82 Å². The molecule has 2 N–H and O–H groups in total. The molecule has 0 radical (unpaired) electrons. The van der Waals surface area contributed by atoms with Gasteiger partial charge in [-0.15, -0.1) is 0 Å². The quantitative estimate of drug-likeness (QED) is 0.863. The summed E-state index contributed by atoms with van der Waals surface area (Å²) in [7, 11) is 0. The van der Waals surface area contributed by atoms with Gasteiger partial charge in [0.1, 0.15) is 5.82 Å². The summed E-state index contributed by atoms with van der Waals surface area (Å²) in [5, 5.41) is 13.5. The van der Waals surface area contributed by atoms with Crippen LogP contribution in [0, 0.1) is 0 Å². The molecule has 3 nitrogen and oxygen atoms in total. The van der Waals surface area contributed by atoms with Gasteiger partial charge in [-0.2, -0.15) is 0 Å². The molecule has 15 heavy (non-hydrogen) atoms. The zero-order chi connectivity index (χ0) is 10.9. The Balaban J connectivity index is 2.16. The summed E-state index contributed by atoms with van der Waals surface area (Å²) in [6, 6.07) is 1.64. The third-order valence-electron chi connectivity index (χ3n) is 2.80. The zero-order valence-electron chi connectivity index (χ0n) is 8.13. The lowest BCUT2D eigenvalue weighted by Gasteiger charge is -2.41. The molecule has 1 heterocycles. The first-order chi connectivity index (χ1) is 7.15. The third kappa shape index (κ3) is 2.19. The van der Waals surface area contributed by atoms with Crippen molar-refractivity contribution >= 4 is 29.0 Å². The van der Waals surface area contributed by atoms with Crippen molar-refractivity contribution in [2.45, 2.75) is 24.8 Å². The molecule has 82 valence electrons. The van der Waals surface area contributed by atoms with E-state index >= 15 is 0 Å². The molecule has 0 bridgehead atoms. The fraction of sp³-hybridized carbons (Fsp3) is 0.500. The number of nitrogens with zero attached hydrogens (tertiary/aromatic N) is 1. The topological polar surface area (TPSA) is 45.1 Å². The number of aromatic nitrogens is 1. The molecule has 0 aliphatic heterocycles. The van der Waals surface area contributed by atoms with Crippen LogP contribution in [0.1, 0.15) is 19.3 Å². The van der Waals surface area contributed by atoms with Gasteiger partial charge in [-0.3, -0.25) is 0 Å². The summed E-state index contributed by atoms with van der Waals surface area (Å²) in [6.07, 6.45) is 4.56. The van der Waals surface area contributed by atoms with E-state index in [0.717, 1.165) is 19.3 Å². The van der Waals surface area contributed by atoms with Crippen molar-refractivity contribution in [3.8, 4) is 0 Å². The minimum absolute atomic E-state index is 0.105. The summed E-state index contributed by atoms with van der Waals surface area (Å²) in [6.45, 7) is 0.105. The van der Waals surface area contributed by atoms with Crippen LogP contribution in [0.25, 0.3) is 0 Å². The molecule has 2 rings (SSSR count). The van der Waals surface area contributed by atoms with E-state index in [0.29, 0.717) is 15.9 Å².